The number of nitrogens with one attached hydrogen (secondary N) is 1. The number of hydrogen-bond donors (Lipinski definition) is 1. The van der Waals surface area contributed by atoms with Gasteiger partial charge in [0.15, 0.2) is 5.15 Å². The van der Waals surface area contributed by atoms with E-state index in [0.717, 1.165) is 19.3 Å². The molecule has 1 N–H and O–H groups in total. The van der Waals surface area contributed by atoms with E-state index in [1.165, 1.54) is 6.42 Å². The Morgan fingerprint density at radius 2 is 1.85 bits per heavy atom. The number of amides is 2. The van der Waals surface area contributed by atoms with E-state index in [-0.39, 0.29) is 10.6 Å². The molecule has 0 bridgehead atoms. The highest BCUT2D eigenvalue weighted by Crippen LogP contribution is 2.47. The minimum Gasteiger partial charge on any atom is -0.438 e. The van der Waals surface area contributed by atoms with E-state index in [4.69, 9.17) is 16.3 Å². The molecule has 2 aromatic rings. The Bertz CT molecular complexity index is 850. The first kappa shape index (κ1) is 17.7. The number of anilines is 1. The highest BCUT2D eigenvalue weighted by atomic mass is 35.5. The summed E-state index contributed by atoms with van der Waals surface area (Å²) in [6, 6.07) is 9.87. The van der Waals surface area contributed by atoms with Crippen LogP contribution in [0, 0.1) is 5.41 Å². The van der Waals surface area contributed by atoms with Crippen LogP contribution < -0.4 is 10.1 Å². The molecule has 2 fully saturated rings. The molecule has 2 amide bonds. The molecule has 1 aliphatic heterocycles. The second-order valence-electron chi connectivity index (χ2n) is 7.11. The van der Waals surface area contributed by atoms with Crippen molar-refractivity contribution < 1.29 is 14.3 Å². The number of aromatic nitrogens is 2. The van der Waals surface area contributed by atoms with Gasteiger partial charge >= 0.3 is 11.8 Å². The predicted molar refractivity (Wildman–Crippen MR) is 99.7 cm³/mol. The fraction of sp³-hybridized carbons (Fsp3) is 0.368. The minimum absolute atomic E-state index is 0.277. The lowest BCUT2D eigenvalue weighted by Crippen LogP contribution is -2.41. The molecule has 2 aliphatic rings. The van der Waals surface area contributed by atoms with E-state index in [1.807, 2.05) is 0 Å². The normalized spacial score (nSPS) is 17.4. The number of ether oxygens (including phenoxy) is 1. The molecule has 8 heteroatoms. The summed E-state index contributed by atoms with van der Waals surface area (Å²) >= 11 is 5.68. The van der Waals surface area contributed by atoms with Gasteiger partial charge in [-0.15, -0.1) is 10.2 Å². The Morgan fingerprint density at radius 1 is 1.07 bits per heavy atom. The predicted octanol–water partition coefficient (Wildman–Crippen LogP) is 3.26. The van der Waals surface area contributed by atoms with Crippen molar-refractivity contribution in [1.82, 2.24) is 15.1 Å². The average molecular weight is 387 g/mol. The zero-order chi connectivity index (χ0) is 18.9. The maximum absolute atomic E-state index is 12.4. The van der Waals surface area contributed by atoms with Crippen molar-refractivity contribution in [2.75, 3.05) is 18.4 Å². The Balaban J connectivity index is 1.33. The summed E-state index contributed by atoms with van der Waals surface area (Å²) in [6.45, 7) is 1.37. The third-order valence-corrected chi connectivity index (χ3v) is 5.48. The first-order valence-electron chi connectivity index (χ1n) is 8.91. The van der Waals surface area contributed by atoms with Crippen LogP contribution in [0.2, 0.25) is 5.15 Å². The molecule has 1 aromatic heterocycles. The fourth-order valence-electron chi connectivity index (χ4n) is 3.61. The van der Waals surface area contributed by atoms with Crippen LogP contribution in [0.25, 0.3) is 0 Å². The van der Waals surface area contributed by atoms with Gasteiger partial charge in [0.2, 0.25) is 5.88 Å². The molecule has 27 heavy (non-hydrogen) atoms. The molecule has 1 saturated carbocycles. The Morgan fingerprint density at radius 3 is 2.44 bits per heavy atom. The third kappa shape index (κ3) is 3.88. The highest BCUT2D eigenvalue weighted by Gasteiger charge is 2.45. The van der Waals surface area contributed by atoms with Crippen LogP contribution in [0.15, 0.2) is 36.4 Å². The molecule has 2 heterocycles. The number of carbonyl (C=O) groups is 2. The average Bonchev–Trinajstić information content (AvgIpc) is 3.11. The van der Waals surface area contributed by atoms with Crippen LogP contribution in [0.5, 0.6) is 11.6 Å². The Hall–Kier alpha value is -2.67. The molecule has 0 atom stereocenters. The SMILES string of the molecule is O=C(Nc1ccc(Oc2ccc(Cl)nn2)cc1)C(=O)N1CCC2(CCC2)C1. The van der Waals surface area contributed by atoms with E-state index in [0.29, 0.717) is 30.4 Å². The lowest BCUT2D eigenvalue weighted by Gasteiger charge is -2.37. The number of likely N-dealkylation sites (tertiary alicyclic amines) is 1. The van der Waals surface area contributed by atoms with Gasteiger partial charge in [0.1, 0.15) is 5.75 Å². The standard InChI is InChI=1S/C19H19ClN4O3/c20-15-6-7-16(23-22-15)27-14-4-2-13(3-5-14)21-17(25)18(26)24-11-10-19(12-24)8-1-9-19/h2-7H,1,8-12H2,(H,21,25). The molecule has 1 aliphatic carbocycles. The maximum Gasteiger partial charge on any atom is 0.313 e. The number of benzene rings is 1. The quantitative estimate of drug-likeness (QED) is 0.818. The summed E-state index contributed by atoms with van der Waals surface area (Å²) in [6.07, 6.45) is 4.56. The first-order chi connectivity index (χ1) is 13.0. The molecule has 0 radical (unpaired) electrons. The summed E-state index contributed by atoms with van der Waals surface area (Å²) in [5, 5.41) is 10.4. The van der Waals surface area contributed by atoms with Crippen molar-refractivity contribution in [3.8, 4) is 11.6 Å². The van der Waals surface area contributed by atoms with Crippen LogP contribution in [0.4, 0.5) is 5.69 Å². The topological polar surface area (TPSA) is 84.4 Å². The summed E-state index contributed by atoms with van der Waals surface area (Å²) in [4.78, 5) is 26.3. The van der Waals surface area contributed by atoms with Gasteiger partial charge in [-0.2, -0.15) is 0 Å². The molecular formula is C19H19ClN4O3. The van der Waals surface area contributed by atoms with Gasteiger partial charge in [-0.05, 0) is 55.0 Å². The number of hydrogen-bond acceptors (Lipinski definition) is 5. The number of rotatable bonds is 3. The highest BCUT2D eigenvalue weighted by molar-refractivity contribution is 6.39. The molecule has 1 aromatic carbocycles. The molecule has 0 unspecified atom stereocenters. The van der Waals surface area contributed by atoms with Crippen LogP contribution in [-0.4, -0.2) is 40.0 Å². The van der Waals surface area contributed by atoms with Gasteiger partial charge in [-0.25, -0.2) is 0 Å². The van der Waals surface area contributed by atoms with Crippen molar-refractivity contribution in [2.24, 2.45) is 5.41 Å². The monoisotopic (exact) mass is 386 g/mol. The first-order valence-corrected chi connectivity index (χ1v) is 9.28. The lowest BCUT2D eigenvalue weighted by atomic mass is 9.68. The van der Waals surface area contributed by atoms with Gasteiger partial charge < -0.3 is 15.0 Å². The second-order valence-corrected chi connectivity index (χ2v) is 7.49. The molecule has 4 rings (SSSR count). The molecule has 1 saturated heterocycles. The number of carbonyl (C=O) groups excluding carboxylic acids is 2. The maximum atomic E-state index is 12.4. The lowest BCUT2D eigenvalue weighted by molar-refractivity contribution is -0.142. The Kier molecular flexibility index (Phi) is 4.70. The number of nitrogens with zero attached hydrogens (tertiary/aromatic N) is 3. The zero-order valence-corrected chi connectivity index (χ0v) is 15.4. The third-order valence-electron chi connectivity index (χ3n) is 5.28. The molecule has 7 nitrogen and oxygen atoms in total. The van der Waals surface area contributed by atoms with Crippen LogP contribution >= 0.6 is 11.6 Å². The van der Waals surface area contributed by atoms with E-state index in [2.05, 4.69) is 15.5 Å². The second kappa shape index (κ2) is 7.15. The van der Waals surface area contributed by atoms with Gasteiger partial charge in [-0.1, -0.05) is 18.0 Å². The van der Waals surface area contributed by atoms with E-state index >= 15 is 0 Å². The van der Waals surface area contributed by atoms with E-state index in [9.17, 15) is 9.59 Å². The number of halogens is 1. The summed E-state index contributed by atoms with van der Waals surface area (Å²) in [5.74, 6) is -0.230. The van der Waals surface area contributed by atoms with Gasteiger partial charge in [0.25, 0.3) is 0 Å². The van der Waals surface area contributed by atoms with Crippen molar-refractivity contribution in [1.29, 1.82) is 0 Å². The molecular weight excluding hydrogens is 368 g/mol. The van der Waals surface area contributed by atoms with Crippen molar-refractivity contribution in [3.63, 3.8) is 0 Å². The van der Waals surface area contributed by atoms with Crippen molar-refractivity contribution >= 4 is 29.1 Å². The van der Waals surface area contributed by atoms with Gasteiger partial charge in [-0.3, -0.25) is 9.59 Å². The minimum atomic E-state index is -0.608. The summed E-state index contributed by atoms with van der Waals surface area (Å²) in [7, 11) is 0. The largest absolute Gasteiger partial charge is 0.438 e. The van der Waals surface area contributed by atoms with Crippen LogP contribution in [-0.2, 0) is 9.59 Å². The zero-order valence-electron chi connectivity index (χ0n) is 14.7. The smallest absolute Gasteiger partial charge is 0.313 e. The van der Waals surface area contributed by atoms with Crippen molar-refractivity contribution in [3.05, 3.63) is 41.6 Å². The molecule has 1 spiro atoms. The van der Waals surface area contributed by atoms with Gasteiger partial charge in [0, 0.05) is 24.8 Å². The molecule has 140 valence electrons. The van der Waals surface area contributed by atoms with Crippen LogP contribution in [0.1, 0.15) is 25.7 Å². The summed E-state index contributed by atoms with van der Waals surface area (Å²) < 4.78 is 5.54. The Labute approximate surface area is 161 Å². The fourth-order valence-corrected chi connectivity index (χ4v) is 3.71. The van der Waals surface area contributed by atoms with Gasteiger partial charge in [0.05, 0.1) is 0 Å². The van der Waals surface area contributed by atoms with E-state index in [1.54, 1.807) is 41.3 Å². The van der Waals surface area contributed by atoms with Crippen LogP contribution in [0.3, 0.4) is 0 Å². The van der Waals surface area contributed by atoms with Crippen molar-refractivity contribution in [2.45, 2.75) is 25.7 Å². The summed E-state index contributed by atoms with van der Waals surface area (Å²) in [5.41, 5.74) is 0.805. The van der Waals surface area contributed by atoms with E-state index < -0.39 is 11.8 Å².